The van der Waals surface area contributed by atoms with Crippen molar-refractivity contribution in [3.8, 4) is 11.4 Å². The Labute approximate surface area is 175 Å². The maximum absolute atomic E-state index is 13.0. The Morgan fingerprint density at radius 3 is 2.60 bits per heavy atom. The molecule has 2 aromatic heterocycles. The fourth-order valence-electron chi connectivity index (χ4n) is 4.87. The summed E-state index contributed by atoms with van der Waals surface area (Å²) in [5.74, 6) is 0.669. The summed E-state index contributed by atoms with van der Waals surface area (Å²) >= 11 is 0. The number of nitrogens with one attached hydrogen (secondary N) is 1. The molecule has 6 nitrogen and oxygen atoms in total. The number of H-pyrrole nitrogens is 1. The average molecular weight is 400 g/mol. The number of aromatic amines is 1. The Kier molecular flexibility index (Phi) is 4.50. The number of carbonyl (C=O) groups excluding carboxylic acids is 1. The summed E-state index contributed by atoms with van der Waals surface area (Å²) in [6, 6.07) is 11.6. The predicted octanol–water partition coefficient (Wildman–Crippen LogP) is 3.26. The van der Waals surface area contributed by atoms with Gasteiger partial charge in [0.2, 0.25) is 0 Å². The second-order valence-electron chi connectivity index (χ2n) is 8.37. The molecule has 1 aromatic carbocycles. The number of rotatable bonds is 2. The molecular weight excluding hydrogens is 376 g/mol. The quantitative estimate of drug-likeness (QED) is 0.716. The van der Waals surface area contributed by atoms with Crippen LogP contribution in [0.4, 0.5) is 0 Å². The van der Waals surface area contributed by atoms with Crippen molar-refractivity contribution >= 4 is 5.91 Å². The van der Waals surface area contributed by atoms with E-state index in [1.165, 1.54) is 0 Å². The zero-order chi connectivity index (χ0) is 20.7. The van der Waals surface area contributed by atoms with Crippen molar-refractivity contribution in [3.05, 3.63) is 81.5 Å². The molecule has 1 amide bonds. The molecule has 3 heterocycles. The van der Waals surface area contributed by atoms with Crippen LogP contribution in [0.3, 0.4) is 0 Å². The molecule has 1 aliphatic heterocycles. The molecule has 1 aliphatic carbocycles. The van der Waals surface area contributed by atoms with Crippen LogP contribution < -0.4 is 5.56 Å². The van der Waals surface area contributed by atoms with Crippen LogP contribution in [0, 0.1) is 6.92 Å². The Morgan fingerprint density at radius 2 is 1.87 bits per heavy atom. The fourth-order valence-corrected chi connectivity index (χ4v) is 4.87. The number of amides is 1. The van der Waals surface area contributed by atoms with Crippen molar-refractivity contribution in [1.82, 2.24) is 19.9 Å². The van der Waals surface area contributed by atoms with E-state index in [2.05, 4.69) is 9.97 Å². The molecule has 0 atom stereocenters. The van der Waals surface area contributed by atoms with Gasteiger partial charge in [-0.3, -0.25) is 14.6 Å². The van der Waals surface area contributed by atoms with Gasteiger partial charge in [0.1, 0.15) is 5.82 Å². The Hall–Kier alpha value is -3.28. The highest BCUT2D eigenvalue weighted by Crippen LogP contribution is 2.44. The monoisotopic (exact) mass is 400 g/mol. The maximum Gasteiger partial charge on any atom is 0.255 e. The fraction of sp³-hybridized carbons (Fsp3) is 0.333. The third-order valence-corrected chi connectivity index (χ3v) is 6.70. The van der Waals surface area contributed by atoms with Crippen LogP contribution in [0.2, 0.25) is 0 Å². The summed E-state index contributed by atoms with van der Waals surface area (Å²) in [6.45, 7) is 3.28. The van der Waals surface area contributed by atoms with Gasteiger partial charge in [-0.15, -0.1) is 0 Å². The lowest BCUT2D eigenvalue weighted by Gasteiger charge is -2.39. The summed E-state index contributed by atoms with van der Waals surface area (Å²) in [5.41, 5.74) is 4.14. The van der Waals surface area contributed by atoms with E-state index in [0.717, 1.165) is 48.1 Å². The summed E-state index contributed by atoms with van der Waals surface area (Å²) in [6.07, 6.45) is 6.69. The number of carbonyl (C=O) groups is 1. The van der Waals surface area contributed by atoms with E-state index in [0.29, 0.717) is 24.5 Å². The van der Waals surface area contributed by atoms with Crippen LogP contribution in [0.1, 0.15) is 46.4 Å². The number of benzene rings is 1. The Morgan fingerprint density at radius 1 is 1.10 bits per heavy atom. The zero-order valence-electron chi connectivity index (χ0n) is 17.0. The van der Waals surface area contributed by atoms with Crippen molar-refractivity contribution in [3.63, 3.8) is 0 Å². The number of pyridine rings is 1. The number of likely N-dealkylation sites (tertiary alicyclic amines) is 1. The van der Waals surface area contributed by atoms with Crippen LogP contribution >= 0.6 is 0 Å². The molecule has 1 spiro atoms. The highest BCUT2D eigenvalue weighted by molar-refractivity contribution is 5.95. The molecule has 3 aromatic rings. The van der Waals surface area contributed by atoms with Gasteiger partial charge < -0.3 is 9.88 Å². The van der Waals surface area contributed by atoms with E-state index in [1.807, 2.05) is 48.2 Å². The highest BCUT2D eigenvalue weighted by Gasteiger charge is 2.44. The number of hydrogen-bond donors (Lipinski definition) is 1. The molecule has 1 saturated heterocycles. The lowest BCUT2D eigenvalue weighted by atomic mass is 9.76. The van der Waals surface area contributed by atoms with Crippen molar-refractivity contribution in [2.24, 2.45) is 0 Å². The van der Waals surface area contributed by atoms with Crippen molar-refractivity contribution < 1.29 is 4.79 Å². The number of fused-ring (bicyclic) bond motifs is 2. The smallest absolute Gasteiger partial charge is 0.255 e. The van der Waals surface area contributed by atoms with Crippen LogP contribution in [-0.4, -0.2) is 38.8 Å². The number of piperidine rings is 1. The highest BCUT2D eigenvalue weighted by atomic mass is 16.2. The van der Waals surface area contributed by atoms with Gasteiger partial charge in [0.25, 0.3) is 11.5 Å². The molecule has 0 unspecified atom stereocenters. The first-order chi connectivity index (χ1) is 14.6. The lowest BCUT2D eigenvalue weighted by Crippen LogP contribution is -2.45. The molecule has 5 rings (SSSR count). The molecular formula is C24H24N4O2. The second kappa shape index (κ2) is 7.20. The number of aryl methyl sites for hydroxylation is 1. The van der Waals surface area contributed by atoms with Gasteiger partial charge in [0.05, 0.1) is 11.3 Å². The van der Waals surface area contributed by atoms with Gasteiger partial charge in [0, 0.05) is 42.0 Å². The van der Waals surface area contributed by atoms with Crippen LogP contribution in [-0.2, 0) is 11.8 Å². The first-order valence-electron chi connectivity index (χ1n) is 10.5. The van der Waals surface area contributed by atoms with Gasteiger partial charge in [-0.1, -0.05) is 30.3 Å². The minimum absolute atomic E-state index is 0.0276. The summed E-state index contributed by atoms with van der Waals surface area (Å²) < 4.78 is 0. The number of nitrogens with zero attached hydrogens (tertiary/aromatic N) is 3. The number of hydrogen-bond acceptors (Lipinski definition) is 4. The molecule has 0 radical (unpaired) electrons. The predicted molar refractivity (Wildman–Crippen MR) is 114 cm³/mol. The molecule has 0 saturated carbocycles. The van der Waals surface area contributed by atoms with Crippen LogP contribution in [0.15, 0.2) is 53.6 Å². The third kappa shape index (κ3) is 3.03. The Bertz CT molecular complexity index is 1160. The summed E-state index contributed by atoms with van der Waals surface area (Å²) in [4.78, 5) is 39.7. The van der Waals surface area contributed by atoms with Crippen molar-refractivity contribution in [2.45, 2.75) is 38.0 Å². The maximum atomic E-state index is 13.0. The van der Waals surface area contributed by atoms with E-state index in [1.54, 1.807) is 12.4 Å². The van der Waals surface area contributed by atoms with Crippen LogP contribution in [0.5, 0.6) is 0 Å². The van der Waals surface area contributed by atoms with E-state index < -0.39 is 0 Å². The topological polar surface area (TPSA) is 79.0 Å². The van der Waals surface area contributed by atoms with Gasteiger partial charge in [-0.25, -0.2) is 4.98 Å². The minimum Gasteiger partial charge on any atom is -0.339 e. The molecule has 30 heavy (non-hydrogen) atoms. The first kappa shape index (κ1) is 18.7. The van der Waals surface area contributed by atoms with Crippen molar-refractivity contribution in [1.29, 1.82) is 0 Å². The standard InChI is InChI=1S/C24H24N4O2/c1-16-8-12-25-15-19(16)23(30)28-13-10-24(11-14-28)9-7-18-20(24)26-21(27-22(18)29)17-5-3-2-4-6-17/h2-6,8,12,15H,7,9-11,13-14H2,1H3,(H,26,27,29). The lowest BCUT2D eigenvalue weighted by molar-refractivity contribution is 0.0662. The van der Waals surface area contributed by atoms with Gasteiger partial charge in [-0.05, 0) is 44.2 Å². The molecule has 1 N–H and O–H groups in total. The first-order valence-corrected chi connectivity index (χ1v) is 10.5. The van der Waals surface area contributed by atoms with E-state index in [9.17, 15) is 9.59 Å². The van der Waals surface area contributed by atoms with Gasteiger partial charge in [-0.2, -0.15) is 0 Å². The second-order valence-corrected chi connectivity index (χ2v) is 8.37. The zero-order valence-corrected chi connectivity index (χ0v) is 17.0. The molecule has 152 valence electrons. The summed E-state index contributed by atoms with van der Waals surface area (Å²) in [7, 11) is 0. The molecule has 0 bridgehead atoms. The van der Waals surface area contributed by atoms with E-state index in [4.69, 9.17) is 4.98 Å². The third-order valence-electron chi connectivity index (χ3n) is 6.70. The van der Waals surface area contributed by atoms with Gasteiger partial charge >= 0.3 is 0 Å². The Balaban J connectivity index is 1.43. The van der Waals surface area contributed by atoms with Gasteiger partial charge in [0.15, 0.2) is 0 Å². The normalized spacial score (nSPS) is 17.2. The molecule has 6 heteroatoms. The molecule has 1 fully saturated rings. The van der Waals surface area contributed by atoms with Crippen LogP contribution in [0.25, 0.3) is 11.4 Å². The minimum atomic E-state index is -0.117. The largest absolute Gasteiger partial charge is 0.339 e. The number of aromatic nitrogens is 3. The average Bonchev–Trinajstić information content (AvgIpc) is 3.13. The van der Waals surface area contributed by atoms with Crippen molar-refractivity contribution in [2.75, 3.05) is 13.1 Å². The SMILES string of the molecule is Cc1ccncc1C(=O)N1CCC2(CCc3c2nc(-c2ccccc2)[nH]c3=O)CC1. The molecule has 2 aliphatic rings. The summed E-state index contributed by atoms with van der Waals surface area (Å²) in [5, 5.41) is 0. The van der Waals surface area contributed by atoms with E-state index >= 15 is 0 Å². The van der Waals surface area contributed by atoms with E-state index in [-0.39, 0.29) is 16.9 Å².